The Hall–Kier alpha value is -2.21. The molecule has 1 aliphatic heterocycles. The van der Waals surface area contributed by atoms with Crippen molar-refractivity contribution in [3.63, 3.8) is 0 Å². The molecule has 0 saturated heterocycles. The van der Waals surface area contributed by atoms with Crippen LogP contribution >= 0.6 is 34.8 Å². The van der Waals surface area contributed by atoms with Gasteiger partial charge in [-0.05, 0) is 43.5 Å². The summed E-state index contributed by atoms with van der Waals surface area (Å²) in [6.07, 6.45) is 2.56. The molecule has 0 fully saturated rings. The Morgan fingerprint density at radius 2 is 1.94 bits per heavy atom. The number of carbonyl (C=O) groups excluding carboxylic acids is 1. The lowest BCUT2D eigenvalue weighted by molar-refractivity contribution is -0.121. The average Bonchev–Trinajstić information content (AvgIpc) is 3.03. The van der Waals surface area contributed by atoms with Crippen LogP contribution in [0.15, 0.2) is 48.5 Å². The summed E-state index contributed by atoms with van der Waals surface area (Å²) in [5.74, 6) is 1.06. The van der Waals surface area contributed by atoms with E-state index in [0.717, 1.165) is 29.8 Å². The molecule has 4 rings (SSSR count). The maximum Gasteiger partial charge on any atom is 0.220 e. The van der Waals surface area contributed by atoms with E-state index in [2.05, 4.69) is 5.32 Å². The van der Waals surface area contributed by atoms with E-state index in [4.69, 9.17) is 44.6 Å². The highest BCUT2D eigenvalue weighted by Gasteiger charge is 2.30. The first-order valence-electron chi connectivity index (χ1n) is 10.2. The lowest BCUT2D eigenvalue weighted by Gasteiger charge is -2.15. The van der Waals surface area contributed by atoms with E-state index in [0.29, 0.717) is 46.8 Å². The van der Waals surface area contributed by atoms with Crippen molar-refractivity contribution in [1.82, 2.24) is 15.1 Å². The standard InChI is InChI=1S/C23H22Cl3N3O2/c24-13-3-8-20(30)27-18-6-4-14-31-23-21(18)28-29(19-7-2-1-5-17(19)26)22(23)15-9-11-16(25)12-10-15/h1-2,5,7,9-12,18H,3-4,6,8,13-14H2,(H,27,30). The fourth-order valence-electron chi connectivity index (χ4n) is 3.68. The number of benzene rings is 2. The number of aromatic nitrogens is 2. The van der Waals surface area contributed by atoms with E-state index in [1.165, 1.54) is 0 Å². The molecule has 8 heteroatoms. The number of para-hydroxylation sites is 1. The highest BCUT2D eigenvalue weighted by Crippen LogP contribution is 2.42. The largest absolute Gasteiger partial charge is 0.489 e. The summed E-state index contributed by atoms with van der Waals surface area (Å²) in [6, 6.07) is 14.8. The molecule has 5 nitrogen and oxygen atoms in total. The van der Waals surface area contributed by atoms with Gasteiger partial charge < -0.3 is 10.1 Å². The van der Waals surface area contributed by atoms with Crippen molar-refractivity contribution >= 4 is 40.7 Å². The highest BCUT2D eigenvalue weighted by atomic mass is 35.5. The van der Waals surface area contributed by atoms with Crippen LogP contribution in [0.3, 0.4) is 0 Å². The summed E-state index contributed by atoms with van der Waals surface area (Å²) in [4.78, 5) is 12.4. The van der Waals surface area contributed by atoms with Crippen LogP contribution in [0.5, 0.6) is 5.75 Å². The zero-order chi connectivity index (χ0) is 21.8. The Bertz CT molecular complexity index is 1070. The summed E-state index contributed by atoms with van der Waals surface area (Å²) < 4.78 is 7.96. The predicted octanol–water partition coefficient (Wildman–Crippen LogP) is 6.20. The normalized spacial score (nSPS) is 15.6. The van der Waals surface area contributed by atoms with Gasteiger partial charge in [-0.25, -0.2) is 4.68 Å². The van der Waals surface area contributed by atoms with Gasteiger partial charge in [0.05, 0.1) is 23.4 Å². The lowest BCUT2D eigenvalue weighted by Crippen LogP contribution is -2.28. The molecule has 2 heterocycles. The summed E-state index contributed by atoms with van der Waals surface area (Å²) >= 11 is 18.4. The number of rotatable bonds is 6. The van der Waals surface area contributed by atoms with Crippen LogP contribution in [0.1, 0.15) is 37.4 Å². The van der Waals surface area contributed by atoms with Crippen molar-refractivity contribution < 1.29 is 9.53 Å². The second kappa shape index (κ2) is 9.94. The molecule has 0 spiro atoms. The van der Waals surface area contributed by atoms with Gasteiger partial charge >= 0.3 is 0 Å². The molecule has 0 bridgehead atoms. The molecule has 0 aliphatic carbocycles. The molecule has 1 aliphatic rings. The van der Waals surface area contributed by atoms with Crippen LogP contribution < -0.4 is 10.1 Å². The topological polar surface area (TPSA) is 56.1 Å². The molecule has 0 radical (unpaired) electrons. The van der Waals surface area contributed by atoms with Gasteiger partial charge in [0.1, 0.15) is 11.4 Å². The van der Waals surface area contributed by atoms with Gasteiger partial charge in [-0.2, -0.15) is 5.10 Å². The SMILES string of the molecule is O=C(CCCCl)NC1CCCOc2c1nn(-c1ccccc1Cl)c2-c1ccc(Cl)cc1. The fraction of sp³-hybridized carbons (Fsp3) is 0.304. The second-order valence-electron chi connectivity index (χ2n) is 7.34. The van der Waals surface area contributed by atoms with Crippen LogP contribution in [-0.2, 0) is 4.79 Å². The maximum atomic E-state index is 12.4. The van der Waals surface area contributed by atoms with Crippen molar-refractivity contribution in [2.45, 2.75) is 31.7 Å². The molecule has 3 aromatic rings. The first kappa shape index (κ1) is 22.0. The van der Waals surface area contributed by atoms with Crippen molar-refractivity contribution in [3.8, 4) is 22.7 Å². The third kappa shape index (κ3) is 4.84. The summed E-state index contributed by atoms with van der Waals surface area (Å²) in [6.45, 7) is 0.538. The zero-order valence-electron chi connectivity index (χ0n) is 16.8. The van der Waals surface area contributed by atoms with Crippen molar-refractivity contribution in [2.75, 3.05) is 12.5 Å². The molecule has 1 unspecified atom stereocenters. The molecule has 162 valence electrons. The van der Waals surface area contributed by atoms with Crippen molar-refractivity contribution in [3.05, 3.63) is 64.3 Å². The van der Waals surface area contributed by atoms with Crippen LogP contribution in [-0.4, -0.2) is 28.2 Å². The molecular weight excluding hydrogens is 457 g/mol. The van der Waals surface area contributed by atoms with E-state index in [1.54, 1.807) is 4.68 Å². The van der Waals surface area contributed by atoms with Crippen molar-refractivity contribution in [2.24, 2.45) is 0 Å². The lowest BCUT2D eigenvalue weighted by atomic mass is 10.1. The van der Waals surface area contributed by atoms with Gasteiger partial charge in [0, 0.05) is 22.9 Å². The third-order valence-corrected chi connectivity index (χ3v) is 5.99. The Morgan fingerprint density at radius 1 is 1.16 bits per heavy atom. The van der Waals surface area contributed by atoms with Gasteiger partial charge in [0.25, 0.3) is 0 Å². The summed E-state index contributed by atoms with van der Waals surface area (Å²) in [5.41, 5.74) is 3.11. The van der Waals surface area contributed by atoms with Crippen LogP contribution in [0, 0.1) is 0 Å². The highest BCUT2D eigenvalue weighted by molar-refractivity contribution is 6.32. The van der Waals surface area contributed by atoms with Crippen LogP contribution in [0.4, 0.5) is 0 Å². The Morgan fingerprint density at radius 3 is 2.68 bits per heavy atom. The number of carbonyl (C=O) groups is 1. The Balaban J connectivity index is 1.84. The minimum Gasteiger partial charge on any atom is -0.489 e. The first-order chi connectivity index (χ1) is 15.1. The number of amides is 1. The van der Waals surface area contributed by atoms with E-state index >= 15 is 0 Å². The molecule has 1 N–H and O–H groups in total. The van der Waals surface area contributed by atoms with Gasteiger partial charge in [0.15, 0.2) is 5.75 Å². The summed E-state index contributed by atoms with van der Waals surface area (Å²) in [7, 11) is 0. The molecule has 1 atom stereocenters. The first-order valence-corrected chi connectivity index (χ1v) is 11.5. The van der Waals surface area contributed by atoms with E-state index < -0.39 is 0 Å². The fourth-order valence-corrected chi connectivity index (χ4v) is 4.16. The number of nitrogens with one attached hydrogen (secondary N) is 1. The van der Waals surface area contributed by atoms with Gasteiger partial charge in [-0.3, -0.25) is 4.79 Å². The molecule has 0 saturated carbocycles. The van der Waals surface area contributed by atoms with Crippen LogP contribution in [0.25, 0.3) is 16.9 Å². The average molecular weight is 479 g/mol. The minimum absolute atomic E-state index is 0.0427. The zero-order valence-corrected chi connectivity index (χ0v) is 19.1. The number of fused-ring (bicyclic) bond motifs is 1. The third-order valence-electron chi connectivity index (χ3n) is 5.15. The monoisotopic (exact) mass is 477 g/mol. The van der Waals surface area contributed by atoms with Crippen molar-refractivity contribution in [1.29, 1.82) is 0 Å². The number of nitrogens with zero attached hydrogens (tertiary/aromatic N) is 2. The van der Waals surface area contributed by atoms with E-state index in [1.807, 2.05) is 48.5 Å². The molecule has 31 heavy (non-hydrogen) atoms. The van der Waals surface area contributed by atoms with E-state index in [-0.39, 0.29) is 11.9 Å². The van der Waals surface area contributed by atoms with Gasteiger partial charge in [-0.15, -0.1) is 11.6 Å². The maximum absolute atomic E-state index is 12.4. The quantitative estimate of drug-likeness (QED) is 0.429. The van der Waals surface area contributed by atoms with Gasteiger partial charge in [-0.1, -0.05) is 47.5 Å². The second-order valence-corrected chi connectivity index (χ2v) is 8.56. The number of hydrogen-bond acceptors (Lipinski definition) is 3. The molecule has 2 aromatic carbocycles. The smallest absolute Gasteiger partial charge is 0.220 e. The van der Waals surface area contributed by atoms with Gasteiger partial charge in [0.2, 0.25) is 5.91 Å². The number of ether oxygens (including phenoxy) is 1. The minimum atomic E-state index is -0.255. The van der Waals surface area contributed by atoms with E-state index in [9.17, 15) is 4.79 Å². The summed E-state index contributed by atoms with van der Waals surface area (Å²) in [5, 5.41) is 9.21. The molecule has 1 aromatic heterocycles. The number of alkyl halides is 1. The number of halogens is 3. The Labute approximate surface area is 196 Å². The molecule has 1 amide bonds. The molecular formula is C23H22Cl3N3O2. The Kier molecular flexibility index (Phi) is 7.06. The van der Waals surface area contributed by atoms with Crippen LogP contribution in [0.2, 0.25) is 10.0 Å². The number of hydrogen-bond donors (Lipinski definition) is 1. The predicted molar refractivity (Wildman–Crippen MR) is 125 cm³/mol.